The lowest BCUT2D eigenvalue weighted by Crippen LogP contribution is -2.13. The minimum atomic E-state index is -0.214. The fourth-order valence-corrected chi connectivity index (χ4v) is 1.63. The van der Waals surface area contributed by atoms with Gasteiger partial charge in [-0.2, -0.15) is 0 Å². The molecule has 1 amide bonds. The number of rotatable bonds is 4. The largest absolute Gasteiger partial charge is 0.392 e. The Bertz CT molecular complexity index is 567. The lowest BCUT2D eigenvalue weighted by Gasteiger charge is -2.06. The lowest BCUT2D eigenvalue weighted by molar-refractivity contribution is 0.102. The van der Waals surface area contributed by atoms with E-state index in [1.54, 1.807) is 42.6 Å². The number of carbonyl (C=O) groups is 1. The van der Waals surface area contributed by atoms with Crippen LogP contribution in [0, 0.1) is 0 Å². The number of nitrogens with two attached hydrogens (primary N) is 1. The van der Waals surface area contributed by atoms with Crippen LogP contribution >= 0.6 is 0 Å². The summed E-state index contributed by atoms with van der Waals surface area (Å²) < 4.78 is 0. The molecular weight excluding hydrogens is 242 g/mol. The SMILES string of the molecule is NCc1cc(C(=O)Nc2ccc(CO)cc2)ccn1. The average Bonchev–Trinajstić information content (AvgIpc) is 2.48. The Morgan fingerprint density at radius 2 is 2.00 bits per heavy atom. The van der Waals surface area contributed by atoms with Crippen molar-refractivity contribution in [3.63, 3.8) is 0 Å². The number of anilines is 1. The highest BCUT2D eigenvalue weighted by molar-refractivity contribution is 6.04. The van der Waals surface area contributed by atoms with Crippen LogP contribution < -0.4 is 11.1 Å². The summed E-state index contributed by atoms with van der Waals surface area (Å²) in [6, 6.07) is 10.3. The van der Waals surface area contributed by atoms with Crippen molar-refractivity contribution in [3.8, 4) is 0 Å². The molecule has 0 aliphatic heterocycles. The quantitative estimate of drug-likeness (QED) is 0.770. The van der Waals surface area contributed by atoms with Gasteiger partial charge >= 0.3 is 0 Å². The lowest BCUT2D eigenvalue weighted by atomic mass is 10.2. The number of aromatic nitrogens is 1. The molecule has 1 aromatic heterocycles. The highest BCUT2D eigenvalue weighted by Crippen LogP contribution is 2.11. The molecule has 0 saturated heterocycles. The third-order valence-electron chi connectivity index (χ3n) is 2.68. The number of carbonyl (C=O) groups excluding carboxylic acids is 1. The number of nitrogens with zero attached hydrogens (tertiary/aromatic N) is 1. The molecule has 98 valence electrons. The summed E-state index contributed by atoms with van der Waals surface area (Å²) >= 11 is 0. The Kier molecular flexibility index (Phi) is 4.22. The number of aliphatic hydroxyl groups is 1. The molecule has 0 spiro atoms. The molecule has 2 rings (SSSR count). The van der Waals surface area contributed by atoms with E-state index < -0.39 is 0 Å². The fourth-order valence-electron chi connectivity index (χ4n) is 1.63. The summed E-state index contributed by atoms with van der Waals surface area (Å²) in [5, 5.41) is 11.7. The standard InChI is InChI=1S/C14H15N3O2/c15-8-13-7-11(5-6-16-13)14(19)17-12-3-1-10(9-18)2-4-12/h1-7,18H,8-9,15H2,(H,17,19). The summed E-state index contributed by atoms with van der Waals surface area (Å²) in [6.07, 6.45) is 1.56. The second-order valence-corrected chi connectivity index (χ2v) is 4.05. The Balaban J connectivity index is 2.11. The van der Waals surface area contributed by atoms with Crippen molar-refractivity contribution < 1.29 is 9.90 Å². The number of nitrogens with one attached hydrogen (secondary N) is 1. The molecule has 0 aliphatic carbocycles. The van der Waals surface area contributed by atoms with E-state index in [1.165, 1.54) is 0 Å². The summed E-state index contributed by atoms with van der Waals surface area (Å²) in [5.41, 5.74) is 8.14. The molecule has 5 nitrogen and oxygen atoms in total. The molecule has 0 unspecified atom stereocenters. The number of amides is 1. The molecule has 0 aliphatic rings. The van der Waals surface area contributed by atoms with Gasteiger partial charge in [0.1, 0.15) is 0 Å². The van der Waals surface area contributed by atoms with E-state index >= 15 is 0 Å². The summed E-state index contributed by atoms with van der Waals surface area (Å²) in [5.74, 6) is -0.214. The molecule has 0 radical (unpaired) electrons. The maximum atomic E-state index is 12.0. The van der Waals surface area contributed by atoms with Crippen LogP contribution in [0.4, 0.5) is 5.69 Å². The van der Waals surface area contributed by atoms with E-state index in [-0.39, 0.29) is 12.5 Å². The van der Waals surface area contributed by atoms with Gasteiger partial charge in [-0.1, -0.05) is 12.1 Å². The van der Waals surface area contributed by atoms with E-state index in [0.29, 0.717) is 23.5 Å². The van der Waals surface area contributed by atoms with Crippen LogP contribution in [-0.4, -0.2) is 16.0 Å². The molecule has 0 fully saturated rings. The van der Waals surface area contributed by atoms with Gasteiger partial charge in [0, 0.05) is 24.0 Å². The normalized spacial score (nSPS) is 10.2. The zero-order chi connectivity index (χ0) is 13.7. The molecule has 4 N–H and O–H groups in total. The van der Waals surface area contributed by atoms with Crippen molar-refractivity contribution in [3.05, 3.63) is 59.4 Å². The van der Waals surface area contributed by atoms with E-state index in [1.807, 2.05) is 0 Å². The van der Waals surface area contributed by atoms with Crippen molar-refractivity contribution in [2.24, 2.45) is 5.73 Å². The van der Waals surface area contributed by atoms with Crippen molar-refractivity contribution in [2.45, 2.75) is 13.2 Å². The van der Waals surface area contributed by atoms with Crippen LogP contribution in [0.5, 0.6) is 0 Å². The van der Waals surface area contributed by atoms with Crippen molar-refractivity contribution >= 4 is 11.6 Å². The molecule has 1 heterocycles. The monoisotopic (exact) mass is 257 g/mol. The molecule has 19 heavy (non-hydrogen) atoms. The van der Waals surface area contributed by atoms with Gasteiger partial charge in [-0.3, -0.25) is 9.78 Å². The van der Waals surface area contributed by atoms with Gasteiger partial charge in [0.15, 0.2) is 0 Å². The number of hydrogen-bond donors (Lipinski definition) is 3. The Hall–Kier alpha value is -2.24. The minimum absolute atomic E-state index is 0.0154. The van der Waals surface area contributed by atoms with Gasteiger partial charge in [0.25, 0.3) is 5.91 Å². The number of benzene rings is 1. The molecule has 0 saturated carbocycles. The number of pyridine rings is 1. The first-order valence-electron chi connectivity index (χ1n) is 5.89. The smallest absolute Gasteiger partial charge is 0.255 e. The van der Waals surface area contributed by atoms with Gasteiger partial charge in [-0.05, 0) is 29.8 Å². The third kappa shape index (κ3) is 3.37. The zero-order valence-corrected chi connectivity index (χ0v) is 10.3. The first-order valence-corrected chi connectivity index (χ1v) is 5.89. The molecule has 5 heteroatoms. The van der Waals surface area contributed by atoms with E-state index in [4.69, 9.17) is 10.8 Å². The Morgan fingerprint density at radius 3 is 2.63 bits per heavy atom. The van der Waals surface area contributed by atoms with Gasteiger partial charge in [-0.25, -0.2) is 0 Å². The number of aliphatic hydroxyl groups excluding tert-OH is 1. The summed E-state index contributed by atoms with van der Waals surface area (Å²) in [7, 11) is 0. The van der Waals surface area contributed by atoms with Gasteiger partial charge in [0.05, 0.1) is 12.3 Å². The third-order valence-corrected chi connectivity index (χ3v) is 2.68. The molecule has 2 aromatic rings. The van der Waals surface area contributed by atoms with Crippen LogP contribution in [-0.2, 0) is 13.2 Å². The average molecular weight is 257 g/mol. The van der Waals surface area contributed by atoms with Gasteiger partial charge < -0.3 is 16.2 Å². The van der Waals surface area contributed by atoms with E-state index in [0.717, 1.165) is 5.56 Å². The van der Waals surface area contributed by atoms with Crippen molar-refractivity contribution in [2.75, 3.05) is 5.32 Å². The van der Waals surface area contributed by atoms with Crippen LogP contribution in [0.25, 0.3) is 0 Å². The first-order chi connectivity index (χ1) is 9.22. The van der Waals surface area contributed by atoms with E-state index in [9.17, 15) is 4.79 Å². The van der Waals surface area contributed by atoms with E-state index in [2.05, 4.69) is 10.3 Å². The second-order valence-electron chi connectivity index (χ2n) is 4.05. The maximum absolute atomic E-state index is 12.0. The van der Waals surface area contributed by atoms with Gasteiger partial charge in [0.2, 0.25) is 0 Å². The van der Waals surface area contributed by atoms with Crippen LogP contribution in [0.15, 0.2) is 42.6 Å². The molecular formula is C14H15N3O2. The Morgan fingerprint density at radius 1 is 1.26 bits per heavy atom. The van der Waals surface area contributed by atoms with Crippen LogP contribution in [0.2, 0.25) is 0 Å². The zero-order valence-electron chi connectivity index (χ0n) is 10.3. The highest BCUT2D eigenvalue weighted by Gasteiger charge is 2.07. The minimum Gasteiger partial charge on any atom is -0.392 e. The summed E-state index contributed by atoms with van der Waals surface area (Å²) in [6.45, 7) is 0.282. The Labute approximate surface area is 111 Å². The van der Waals surface area contributed by atoms with Crippen LogP contribution in [0.1, 0.15) is 21.6 Å². The highest BCUT2D eigenvalue weighted by atomic mass is 16.3. The molecule has 0 atom stereocenters. The number of hydrogen-bond acceptors (Lipinski definition) is 4. The molecule has 0 bridgehead atoms. The van der Waals surface area contributed by atoms with Crippen molar-refractivity contribution in [1.29, 1.82) is 0 Å². The predicted octanol–water partition coefficient (Wildman–Crippen LogP) is 1.28. The molecule has 1 aromatic carbocycles. The maximum Gasteiger partial charge on any atom is 0.255 e. The predicted molar refractivity (Wildman–Crippen MR) is 72.4 cm³/mol. The first kappa shape index (κ1) is 13.2. The second kappa shape index (κ2) is 6.08. The van der Waals surface area contributed by atoms with Crippen LogP contribution in [0.3, 0.4) is 0 Å². The summed E-state index contributed by atoms with van der Waals surface area (Å²) in [4.78, 5) is 16.0. The fraction of sp³-hybridized carbons (Fsp3) is 0.143. The van der Waals surface area contributed by atoms with Gasteiger partial charge in [-0.15, -0.1) is 0 Å². The van der Waals surface area contributed by atoms with Crippen molar-refractivity contribution in [1.82, 2.24) is 4.98 Å². The topological polar surface area (TPSA) is 88.2 Å².